The Morgan fingerprint density at radius 2 is 0.795 bits per heavy atom. The summed E-state index contributed by atoms with van der Waals surface area (Å²) in [5, 5.41) is 7.49. The minimum absolute atomic E-state index is 0.117. The molecule has 398 valence electrons. The van der Waals surface area contributed by atoms with Gasteiger partial charge in [0, 0.05) is 78.8 Å². The van der Waals surface area contributed by atoms with E-state index in [4.69, 9.17) is 9.72 Å². The van der Waals surface area contributed by atoms with Crippen molar-refractivity contribution < 1.29 is 4.74 Å². The fourth-order valence-corrected chi connectivity index (χ4v) is 16.7. The van der Waals surface area contributed by atoms with Crippen molar-refractivity contribution in [3.63, 3.8) is 0 Å². The van der Waals surface area contributed by atoms with Crippen molar-refractivity contribution in [2.24, 2.45) is 23.7 Å². The smallest absolute Gasteiger partial charge is 0.137 e. The molecular formula is C76H58N6O. The van der Waals surface area contributed by atoms with E-state index in [9.17, 15) is 0 Å². The van der Waals surface area contributed by atoms with Crippen LogP contribution in [0.15, 0.2) is 255 Å². The highest BCUT2D eigenvalue weighted by Crippen LogP contribution is 2.65. The molecule has 4 bridgehead atoms. The van der Waals surface area contributed by atoms with Gasteiger partial charge in [-0.3, -0.25) is 4.57 Å². The molecule has 0 spiro atoms. The molecule has 0 unspecified atom stereocenters. The molecular weight excluding hydrogens is 1010 g/mol. The standard InChI is InChI=1S/C76H58N6O/c1-6-21-67-61(16-1)62-17-2-7-22-68(62)80(67)56-30-28-51(29-31-56)76(53-41-49-40-50(43-53)44-54(76)42-49)52-38-39-77-75(45-52)82-71-25-10-5-20-65(71)66-37-36-60(47-74(66)82)83-59-15-13-14-58(46-59)79-48-78(72-26-11-12-27-73(72)79)55-32-34-57(35-33-55)81-69-23-8-3-18-63(69)64-19-4-9-24-70(64)81/h1-39,45-47,49-50,53-54H,40-44,48H2. The lowest BCUT2D eigenvalue weighted by Crippen LogP contribution is -2.56. The molecule has 4 fully saturated rings. The normalized spacial score (nSPS) is 20.0. The molecule has 1 aliphatic heterocycles. The van der Waals surface area contributed by atoms with Crippen LogP contribution < -0.4 is 14.5 Å². The number of rotatable bonds is 9. The molecule has 7 heteroatoms. The average molecular weight is 1070 g/mol. The predicted octanol–water partition coefficient (Wildman–Crippen LogP) is 19.2. The van der Waals surface area contributed by atoms with E-state index in [0.717, 1.165) is 62.9 Å². The number of benzene rings is 10. The van der Waals surface area contributed by atoms with Crippen LogP contribution in [0.1, 0.15) is 43.2 Å². The average Bonchev–Trinajstić information content (AvgIpc) is 2.74. The highest BCUT2D eigenvalue weighted by Gasteiger charge is 2.58. The van der Waals surface area contributed by atoms with Crippen LogP contribution in [-0.4, -0.2) is 25.4 Å². The summed E-state index contributed by atoms with van der Waals surface area (Å²) in [7, 11) is 0. The number of anilines is 4. The van der Waals surface area contributed by atoms with Crippen molar-refractivity contribution in [1.29, 1.82) is 0 Å². The van der Waals surface area contributed by atoms with Gasteiger partial charge in [-0.25, -0.2) is 4.98 Å². The summed E-state index contributed by atoms with van der Waals surface area (Å²) >= 11 is 0. The zero-order chi connectivity index (χ0) is 54.3. The topological polar surface area (TPSA) is 43.4 Å². The van der Waals surface area contributed by atoms with Gasteiger partial charge in [0.2, 0.25) is 0 Å². The summed E-state index contributed by atoms with van der Waals surface area (Å²) < 4.78 is 14.2. The van der Waals surface area contributed by atoms with E-state index in [1.807, 2.05) is 0 Å². The molecule has 0 atom stereocenters. The maximum Gasteiger partial charge on any atom is 0.137 e. The van der Waals surface area contributed by atoms with E-state index >= 15 is 0 Å². The van der Waals surface area contributed by atoms with E-state index in [1.165, 1.54) is 109 Å². The van der Waals surface area contributed by atoms with Crippen LogP contribution in [0.5, 0.6) is 11.5 Å². The van der Waals surface area contributed by atoms with Crippen LogP contribution >= 0.6 is 0 Å². The second-order valence-electron chi connectivity index (χ2n) is 24.0. The molecule has 0 radical (unpaired) electrons. The summed E-state index contributed by atoms with van der Waals surface area (Å²) in [4.78, 5) is 10.1. The third-order valence-electron chi connectivity index (χ3n) is 19.8. The van der Waals surface area contributed by atoms with Crippen LogP contribution in [0.25, 0.3) is 82.6 Å². The third-order valence-corrected chi connectivity index (χ3v) is 19.8. The van der Waals surface area contributed by atoms with Crippen LogP contribution in [-0.2, 0) is 5.41 Å². The fraction of sp³-hybridized carbons (Fsp3) is 0.145. The van der Waals surface area contributed by atoms with Crippen LogP contribution in [0.3, 0.4) is 0 Å². The number of aromatic nitrogens is 4. The fourth-order valence-electron chi connectivity index (χ4n) is 16.7. The van der Waals surface area contributed by atoms with Crippen molar-refractivity contribution in [1.82, 2.24) is 18.7 Å². The summed E-state index contributed by atoms with van der Waals surface area (Å²) in [5.41, 5.74) is 16.7. The minimum Gasteiger partial charge on any atom is -0.457 e. The first kappa shape index (κ1) is 46.9. The number of hydrogen-bond donors (Lipinski definition) is 0. The summed E-state index contributed by atoms with van der Waals surface area (Å²) in [5.74, 6) is 5.30. The van der Waals surface area contributed by atoms with Gasteiger partial charge in [0.05, 0.1) is 44.5 Å². The zero-order valence-corrected chi connectivity index (χ0v) is 45.9. The van der Waals surface area contributed by atoms with Crippen LogP contribution in [0.4, 0.5) is 22.7 Å². The Kier molecular flexibility index (Phi) is 10.2. The molecule has 83 heavy (non-hydrogen) atoms. The van der Waals surface area contributed by atoms with Crippen LogP contribution in [0, 0.1) is 23.7 Å². The van der Waals surface area contributed by atoms with Gasteiger partial charge in [-0.1, -0.05) is 121 Å². The molecule has 7 nitrogen and oxygen atoms in total. The molecule has 0 amide bonds. The number of nitrogens with zero attached hydrogens (tertiary/aromatic N) is 6. The van der Waals surface area contributed by atoms with Gasteiger partial charge in [0.25, 0.3) is 0 Å². The highest BCUT2D eigenvalue weighted by molar-refractivity contribution is 6.11. The van der Waals surface area contributed by atoms with Crippen molar-refractivity contribution in [3.05, 3.63) is 266 Å². The lowest BCUT2D eigenvalue weighted by Gasteiger charge is -2.62. The van der Waals surface area contributed by atoms with Gasteiger partial charge >= 0.3 is 0 Å². The largest absolute Gasteiger partial charge is 0.457 e. The van der Waals surface area contributed by atoms with Gasteiger partial charge in [-0.05, 0) is 182 Å². The van der Waals surface area contributed by atoms with Gasteiger partial charge in [0.1, 0.15) is 24.0 Å². The number of hydrogen-bond acceptors (Lipinski definition) is 4. The Balaban J connectivity index is 0.682. The Morgan fingerprint density at radius 1 is 0.337 bits per heavy atom. The van der Waals surface area contributed by atoms with Crippen LogP contribution in [0.2, 0.25) is 0 Å². The van der Waals surface area contributed by atoms with E-state index in [2.05, 4.69) is 278 Å². The van der Waals surface area contributed by atoms with E-state index < -0.39 is 0 Å². The van der Waals surface area contributed by atoms with Crippen molar-refractivity contribution in [2.45, 2.75) is 37.5 Å². The van der Waals surface area contributed by atoms with Crippen molar-refractivity contribution in [2.75, 3.05) is 16.5 Å². The monoisotopic (exact) mass is 1070 g/mol. The number of fused-ring (bicyclic) bond motifs is 10. The van der Waals surface area contributed by atoms with E-state index in [-0.39, 0.29) is 5.41 Å². The molecule has 5 aliphatic rings. The summed E-state index contributed by atoms with van der Waals surface area (Å²) in [6.45, 7) is 0.660. The first-order chi connectivity index (χ1) is 41.1. The zero-order valence-electron chi connectivity index (χ0n) is 45.9. The van der Waals surface area contributed by atoms with Gasteiger partial charge < -0.3 is 23.7 Å². The second kappa shape index (κ2) is 18.1. The molecule has 19 rings (SSSR count). The molecule has 10 aromatic carbocycles. The lowest BCUT2D eigenvalue weighted by atomic mass is 9.42. The maximum absolute atomic E-state index is 6.95. The first-order valence-corrected chi connectivity index (χ1v) is 29.7. The Hall–Kier alpha value is -9.85. The molecule has 4 aromatic heterocycles. The number of ether oxygens (including phenoxy) is 1. The molecule has 4 aliphatic carbocycles. The molecule has 0 N–H and O–H groups in total. The molecule has 5 heterocycles. The molecule has 4 saturated carbocycles. The SMILES string of the molecule is c1cc(Oc2ccc3c4ccccc4n(-c4cc(C5(c6ccc(-n7c8ccccc8c8ccccc87)cc6)C6CC7CC(C6)CC5C7)ccn4)c3c2)cc(N2CN(c3ccc(-n4c5ccccc5c5ccccc54)cc3)c3ccccc32)c1. The quantitative estimate of drug-likeness (QED) is 0.144. The van der Waals surface area contributed by atoms with Gasteiger partial charge in [-0.2, -0.15) is 0 Å². The van der Waals surface area contributed by atoms with Gasteiger partial charge in [-0.15, -0.1) is 0 Å². The summed E-state index contributed by atoms with van der Waals surface area (Å²) in [6, 6.07) is 91.3. The number of para-hydroxylation sites is 7. The maximum atomic E-state index is 6.95. The Labute approximate surface area is 481 Å². The predicted molar refractivity (Wildman–Crippen MR) is 340 cm³/mol. The second-order valence-corrected chi connectivity index (χ2v) is 24.0. The number of pyridine rings is 1. The minimum atomic E-state index is -0.117. The molecule has 0 saturated heterocycles. The van der Waals surface area contributed by atoms with Gasteiger partial charge in [0.15, 0.2) is 0 Å². The Bertz CT molecular complexity index is 4770. The first-order valence-electron chi connectivity index (χ1n) is 29.7. The third kappa shape index (κ3) is 7.00. The molecule has 14 aromatic rings. The van der Waals surface area contributed by atoms with Crippen molar-refractivity contribution in [3.8, 4) is 28.7 Å². The Morgan fingerprint density at radius 3 is 1.35 bits per heavy atom. The van der Waals surface area contributed by atoms with E-state index in [0.29, 0.717) is 18.5 Å². The lowest BCUT2D eigenvalue weighted by molar-refractivity contribution is -0.0418. The summed E-state index contributed by atoms with van der Waals surface area (Å²) in [6.07, 6.45) is 8.66. The van der Waals surface area contributed by atoms with Crippen molar-refractivity contribution >= 4 is 88.2 Å². The highest BCUT2D eigenvalue weighted by atomic mass is 16.5. The van der Waals surface area contributed by atoms with E-state index in [1.54, 1.807) is 0 Å².